The van der Waals surface area contributed by atoms with E-state index in [1.54, 1.807) is 6.26 Å². The molecule has 60 valence electrons. The Balaban J connectivity index is 3.32. The van der Waals surface area contributed by atoms with Gasteiger partial charge in [-0.25, -0.2) is 0 Å². The van der Waals surface area contributed by atoms with E-state index in [1.807, 2.05) is 0 Å². The van der Waals surface area contributed by atoms with Crippen LogP contribution in [0.2, 0.25) is 0 Å². The van der Waals surface area contributed by atoms with Crippen LogP contribution in [-0.4, -0.2) is 21.3 Å². The zero-order valence-corrected chi connectivity index (χ0v) is 6.41. The molecule has 0 radical (unpaired) electrons. The Morgan fingerprint density at radius 1 is 1.73 bits per heavy atom. The molecule has 0 saturated carbocycles. The molecule has 1 aromatic heterocycles. The number of H-pyrrole nitrogens is 1. The van der Waals surface area contributed by atoms with E-state index < -0.39 is 17.3 Å². The minimum absolute atomic E-state index is 0.189. The van der Waals surface area contributed by atoms with Crippen molar-refractivity contribution in [1.82, 2.24) is 9.97 Å². The molecule has 11 heavy (non-hydrogen) atoms. The van der Waals surface area contributed by atoms with Gasteiger partial charge in [0.05, 0.1) is 0 Å². The molecule has 0 bridgehead atoms. The van der Waals surface area contributed by atoms with Gasteiger partial charge in [-0.15, -0.1) is 0 Å². The van der Waals surface area contributed by atoms with Crippen LogP contribution in [0.3, 0.4) is 0 Å². The molecule has 0 saturated heterocycles. The number of nitrogens with one attached hydrogen (secondary N) is 1. The summed E-state index contributed by atoms with van der Waals surface area (Å²) >= 11 is 1.11. The first-order chi connectivity index (χ1) is 5.15. The molecular formula is C5H5FN2O2S. The van der Waals surface area contributed by atoms with E-state index in [9.17, 15) is 9.18 Å². The standard InChI is InChI=1S/C5H5FN2O2S/c1-11-5-7-3(9)2(6)4(10)8-5/h1H3,(H2,7,8,9,10). The monoisotopic (exact) mass is 176 g/mol. The van der Waals surface area contributed by atoms with Gasteiger partial charge in [-0.05, 0) is 6.26 Å². The van der Waals surface area contributed by atoms with Crippen molar-refractivity contribution in [3.8, 4) is 5.88 Å². The third-order valence-electron chi connectivity index (χ3n) is 1.02. The Hall–Kier alpha value is -1.04. The van der Waals surface area contributed by atoms with Crippen LogP contribution in [0, 0.1) is 5.82 Å². The van der Waals surface area contributed by atoms with Crippen molar-refractivity contribution in [3.63, 3.8) is 0 Å². The van der Waals surface area contributed by atoms with Crippen molar-refractivity contribution in [2.75, 3.05) is 6.26 Å². The summed E-state index contributed by atoms with van der Waals surface area (Å²) in [7, 11) is 0. The summed E-state index contributed by atoms with van der Waals surface area (Å²) in [5, 5.41) is 8.92. The van der Waals surface area contributed by atoms with Gasteiger partial charge < -0.3 is 10.1 Å². The van der Waals surface area contributed by atoms with Gasteiger partial charge in [0.15, 0.2) is 5.16 Å². The number of hydrogen-bond acceptors (Lipinski definition) is 4. The summed E-state index contributed by atoms with van der Waals surface area (Å²) in [4.78, 5) is 16.0. The molecule has 1 heterocycles. The molecule has 4 nitrogen and oxygen atoms in total. The fourth-order valence-electron chi connectivity index (χ4n) is 0.523. The first kappa shape index (κ1) is 8.06. The van der Waals surface area contributed by atoms with Crippen molar-refractivity contribution >= 4 is 11.8 Å². The largest absolute Gasteiger partial charge is 0.492 e. The lowest BCUT2D eigenvalue weighted by molar-refractivity contribution is 0.397. The molecular weight excluding hydrogens is 171 g/mol. The number of rotatable bonds is 1. The van der Waals surface area contributed by atoms with Crippen molar-refractivity contribution in [2.45, 2.75) is 5.16 Å². The second-order valence-electron chi connectivity index (χ2n) is 1.71. The van der Waals surface area contributed by atoms with Gasteiger partial charge in [0, 0.05) is 0 Å². The number of halogens is 1. The second kappa shape index (κ2) is 2.91. The summed E-state index contributed by atoms with van der Waals surface area (Å²) < 4.78 is 12.4. The van der Waals surface area contributed by atoms with Gasteiger partial charge in [0.1, 0.15) is 0 Å². The summed E-state index contributed by atoms with van der Waals surface area (Å²) in [6, 6.07) is 0. The highest BCUT2D eigenvalue weighted by molar-refractivity contribution is 7.98. The van der Waals surface area contributed by atoms with E-state index in [4.69, 9.17) is 5.11 Å². The molecule has 0 aliphatic carbocycles. The Kier molecular flexibility index (Phi) is 2.13. The van der Waals surface area contributed by atoms with E-state index in [1.165, 1.54) is 0 Å². The third-order valence-corrected chi connectivity index (χ3v) is 1.60. The van der Waals surface area contributed by atoms with Crippen LogP contribution >= 0.6 is 11.8 Å². The van der Waals surface area contributed by atoms with Gasteiger partial charge in [-0.1, -0.05) is 11.8 Å². The lowest BCUT2D eigenvalue weighted by Gasteiger charge is -1.96. The van der Waals surface area contributed by atoms with Crippen LogP contribution in [0.5, 0.6) is 5.88 Å². The van der Waals surface area contributed by atoms with E-state index in [0.29, 0.717) is 0 Å². The number of hydrogen-bond donors (Lipinski definition) is 2. The van der Waals surface area contributed by atoms with Crippen molar-refractivity contribution in [2.24, 2.45) is 0 Å². The van der Waals surface area contributed by atoms with E-state index >= 15 is 0 Å². The maximum atomic E-state index is 12.4. The molecule has 0 atom stereocenters. The molecule has 0 spiro atoms. The van der Waals surface area contributed by atoms with Crippen molar-refractivity contribution in [1.29, 1.82) is 0 Å². The highest BCUT2D eigenvalue weighted by atomic mass is 32.2. The van der Waals surface area contributed by atoms with Gasteiger partial charge in [-0.2, -0.15) is 9.37 Å². The number of aromatic nitrogens is 2. The predicted octanol–water partition coefficient (Wildman–Crippen LogP) is 0.336. The number of aromatic hydroxyl groups is 1. The second-order valence-corrected chi connectivity index (χ2v) is 2.51. The normalized spacial score (nSPS) is 10.0. The maximum absolute atomic E-state index is 12.4. The summed E-state index contributed by atoms with van der Waals surface area (Å²) in [6.45, 7) is 0. The van der Waals surface area contributed by atoms with Crippen LogP contribution in [0.15, 0.2) is 9.95 Å². The lowest BCUT2D eigenvalue weighted by Crippen LogP contribution is -2.12. The van der Waals surface area contributed by atoms with E-state index in [2.05, 4.69) is 9.97 Å². The third kappa shape index (κ3) is 1.51. The molecule has 0 aromatic carbocycles. The molecule has 6 heteroatoms. The van der Waals surface area contributed by atoms with Crippen LogP contribution in [-0.2, 0) is 0 Å². The first-order valence-corrected chi connectivity index (χ1v) is 3.90. The molecule has 0 amide bonds. The average molecular weight is 176 g/mol. The molecule has 2 N–H and O–H groups in total. The van der Waals surface area contributed by atoms with Crippen LogP contribution in [0.4, 0.5) is 4.39 Å². The summed E-state index contributed by atoms with van der Waals surface area (Å²) in [5.41, 5.74) is -1.05. The maximum Gasteiger partial charge on any atom is 0.313 e. The highest BCUT2D eigenvalue weighted by Gasteiger charge is 2.07. The first-order valence-electron chi connectivity index (χ1n) is 2.68. The van der Waals surface area contributed by atoms with Gasteiger partial charge >= 0.3 is 5.56 Å². The molecule has 0 aliphatic heterocycles. The summed E-state index contributed by atoms with van der Waals surface area (Å²) in [5.74, 6) is -2.02. The number of nitrogens with zero attached hydrogens (tertiary/aromatic N) is 1. The lowest BCUT2D eigenvalue weighted by atomic mass is 10.6. The van der Waals surface area contributed by atoms with Crippen molar-refractivity contribution < 1.29 is 9.50 Å². The van der Waals surface area contributed by atoms with E-state index in [0.717, 1.165) is 11.8 Å². The number of aromatic amines is 1. The van der Waals surface area contributed by atoms with Crippen LogP contribution in [0.1, 0.15) is 0 Å². The minimum atomic E-state index is -1.25. The van der Waals surface area contributed by atoms with E-state index in [-0.39, 0.29) is 5.16 Å². The molecule has 0 fully saturated rings. The number of thioether (sulfide) groups is 1. The van der Waals surface area contributed by atoms with Gasteiger partial charge in [0.2, 0.25) is 11.7 Å². The quantitative estimate of drug-likeness (QED) is 0.478. The fourth-order valence-corrected chi connectivity index (χ4v) is 0.896. The molecule has 0 aliphatic rings. The summed E-state index contributed by atoms with van der Waals surface area (Å²) in [6.07, 6.45) is 1.65. The predicted molar refractivity (Wildman–Crippen MR) is 38.3 cm³/mol. The van der Waals surface area contributed by atoms with Crippen LogP contribution in [0.25, 0.3) is 0 Å². The highest BCUT2D eigenvalue weighted by Crippen LogP contribution is 2.11. The Morgan fingerprint density at radius 2 is 2.36 bits per heavy atom. The van der Waals surface area contributed by atoms with Gasteiger partial charge in [0.25, 0.3) is 0 Å². The minimum Gasteiger partial charge on any atom is -0.492 e. The Labute approximate surface area is 65.5 Å². The van der Waals surface area contributed by atoms with Crippen LogP contribution < -0.4 is 5.56 Å². The SMILES string of the molecule is CSc1nc(=O)c(F)c(O)[nH]1. The van der Waals surface area contributed by atoms with Crippen molar-refractivity contribution in [3.05, 3.63) is 16.2 Å². The fraction of sp³-hybridized carbons (Fsp3) is 0.200. The molecule has 1 rings (SSSR count). The topological polar surface area (TPSA) is 66.0 Å². The Bertz CT molecular complexity index is 325. The Morgan fingerprint density at radius 3 is 2.82 bits per heavy atom. The smallest absolute Gasteiger partial charge is 0.313 e. The zero-order chi connectivity index (χ0) is 8.43. The van der Waals surface area contributed by atoms with Gasteiger partial charge in [-0.3, -0.25) is 4.79 Å². The molecule has 1 aromatic rings. The molecule has 0 unspecified atom stereocenters. The average Bonchev–Trinajstić information content (AvgIpc) is 1.99. The zero-order valence-electron chi connectivity index (χ0n) is 5.59.